The minimum atomic E-state index is -0.660. The van der Waals surface area contributed by atoms with Gasteiger partial charge in [0, 0.05) is 12.8 Å². The molecule has 0 aliphatic rings. The average Bonchev–Trinajstić information content (AvgIpc) is 2.89. The van der Waals surface area contributed by atoms with Crippen molar-refractivity contribution in [1.29, 1.82) is 0 Å². The van der Waals surface area contributed by atoms with E-state index in [1.807, 2.05) is 25.1 Å². The summed E-state index contributed by atoms with van der Waals surface area (Å²) in [5.74, 6) is 3.63. The van der Waals surface area contributed by atoms with Gasteiger partial charge in [-0.1, -0.05) is 124 Å². The fourth-order valence-electron chi connectivity index (χ4n) is 5.08. The first-order chi connectivity index (χ1) is 19.8. The highest BCUT2D eigenvalue weighted by atomic mass is 16.6. The first-order valence-corrected chi connectivity index (χ1v) is 17.2. The van der Waals surface area contributed by atoms with Crippen LogP contribution in [0.4, 0.5) is 4.79 Å². The van der Waals surface area contributed by atoms with E-state index < -0.39 is 12.3 Å². The number of carbonyl (C=O) groups excluding carboxylic acids is 2. The van der Waals surface area contributed by atoms with Crippen LogP contribution in [-0.4, -0.2) is 58.3 Å². The van der Waals surface area contributed by atoms with E-state index in [9.17, 15) is 9.59 Å². The van der Waals surface area contributed by atoms with Gasteiger partial charge in [-0.3, -0.25) is 10.1 Å². The van der Waals surface area contributed by atoms with Crippen LogP contribution < -0.4 is 5.32 Å². The summed E-state index contributed by atoms with van der Waals surface area (Å²) >= 11 is 0. The lowest BCUT2D eigenvalue weighted by Gasteiger charge is -2.21. The maximum atomic E-state index is 12.5. The molecule has 0 aromatic heterocycles. The van der Waals surface area contributed by atoms with Crippen molar-refractivity contribution in [3.63, 3.8) is 0 Å². The molecule has 0 radical (unpaired) electrons. The molecule has 246 valence electrons. The van der Waals surface area contributed by atoms with Gasteiger partial charge in [0.15, 0.2) is 6.23 Å². The molecule has 0 saturated heterocycles. The zero-order chi connectivity index (χ0) is 31.9. The molecule has 0 aliphatic carbocycles. The second-order valence-electron chi connectivity index (χ2n) is 14.2. The molecular formula is C35H69BN2O4. The van der Waals surface area contributed by atoms with Gasteiger partial charge in [-0.05, 0) is 63.1 Å². The summed E-state index contributed by atoms with van der Waals surface area (Å²) in [6.07, 6.45) is 17.1. The Balaban J connectivity index is 4.51. The van der Waals surface area contributed by atoms with E-state index in [0.717, 1.165) is 43.6 Å². The molecule has 0 saturated carbocycles. The zero-order valence-corrected chi connectivity index (χ0v) is 29.4. The molecule has 0 heterocycles. The van der Waals surface area contributed by atoms with Crippen LogP contribution in [0.3, 0.4) is 0 Å². The highest BCUT2D eigenvalue weighted by molar-refractivity contribution is 6.11. The SMILES string of the molecule is BC(C)C(C)/C=C/COC(=O)NC(CCC(C)CCCC(C)CCCC(C)CCCC(C)C)OC(=O)CCCN(C)C. The summed E-state index contributed by atoms with van der Waals surface area (Å²) in [4.78, 5) is 27.0. The smallest absolute Gasteiger partial charge is 0.410 e. The van der Waals surface area contributed by atoms with Crippen LogP contribution in [0.1, 0.15) is 132 Å². The molecule has 6 atom stereocenters. The highest BCUT2D eigenvalue weighted by Crippen LogP contribution is 2.23. The maximum absolute atomic E-state index is 12.5. The Morgan fingerprint density at radius 1 is 0.762 bits per heavy atom. The van der Waals surface area contributed by atoms with Crippen LogP contribution in [0.15, 0.2) is 12.2 Å². The molecule has 1 N–H and O–H groups in total. The quantitative estimate of drug-likeness (QED) is 0.0499. The third-order valence-electron chi connectivity index (χ3n) is 8.53. The number of carbonyl (C=O) groups is 2. The minimum Gasteiger partial charge on any atom is -0.445 e. The van der Waals surface area contributed by atoms with E-state index in [1.165, 1.54) is 51.4 Å². The number of esters is 1. The monoisotopic (exact) mass is 593 g/mol. The molecule has 1 amide bonds. The van der Waals surface area contributed by atoms with E-state index in [0.29, 0.717) is 30.5 Å². The standard InChI is InChI=1S/C35H69BN2O4/c1-27(2)15-10-16-28(3)17-11-18-29(4)19-12-20-30(5)23-24-33(42-34(39)22-13-25-38(8)9)37-35(40)41-26-14-21-31(6)32(7)36/h14,21,27-33H,10-13,15-20,22-26,36H2,1-9H3,(H,37,40)/b21-14+. The zero-order valence-electron chi connectivity index (χ0n) is 29.4. The summed E-state index contributed by atoms with van der Waals surface area (Å²) < 4.78 is 11.0. The first-order valence-electron chi connectivity index (χ1n) is 17.2. The lowest BCUT2D eigenvalue weighted by molar-refractivity contribution is -0.150. The maximum Gasteiger partial charge on any atom is 0.410 e. The number of nitrogens with one attached hydrogen (secondary N) is 1. The van der Waals surface area contributed by atoms with E-state index in [-0.39, 0.29) is 12.6 Å². The van der Waals surface area contributed by atoms with Crippen LogP contribution in [0.5, 0.6) is 0 Å². The van der Waals surface area contributed by atoms with Gasteiger partial charge in [0.2, 0.25) is 0 Å². The second kappa shape index (κ2) is 24.9. The first kappa shape index (κ1) is 40.5. The van der Waals surface area contributed by atoms with E-state index in [2.05, 4.69) is 67.7 Å². The Bertz CT molecular complexity index is 713. The molecule has 6 nitrogen and oxygen atoms in total. The molecule has 0 bridgehead atoms. The van der Waals surface area contributed by atoms with Crippen LogP contribution in [0, 0.1) is 29.6 Å². The van der Waals surface area contributed by atoms with Gasteiger partial charge in [-0.25, -0.2) is 4.79 Å². The number of amides is 1. The van der Waals surface area contributed by atoms with Crippen molar-refractivity contribution in [2.24, 2.45) is 29.6 Å². The third kappa shape index (κ3) is 25.0. The fourth-order valence-corrected chi connectivity index (χ4v) is 5.08. The van der Waals surface area contributed by atoms with Crippen LogP contribution in [0.25, 0.3) is 0 Å². The average molecular weight is 593 g/mol. The van der Waals surface area contributed by atoms with Crippen molar-refractivity contribution in [2.45, 2.75) is 144 Å². The largest absolute Gasteiger partial charge is 0.445 e. The Morgan fingerprint density at radius 2 is 1.29 bits per heavy atom. The van der Waals surface area contributed by atoms with Crippen LogP contribution in [-0.2, 0) is 14.3 Å². The summed E-state index contributed by atoms with van der Waals surface area (Å²) in [6.45, 7) is 17.1. The molecule has 7 heteroatoms. The van der Waals surface area contributed by atoms with Crippen molar-refractivity contribution in [3.05, 3.63) is 12.2 Å². The molecule has 0 rings (SSSR count). The molecule has 42 heavy (non-hydrogen) atoms. The highest BCUT2D eigenvalue weighted by Gasteiger charge is 2.19. The number of hydrogen-bond donors (Lipinski definition) is 1. The van der Waals surface area contributed by atoms with Gasteiger partial charge >= 0.3 is 12.1 Å². The van der Waals surface area contributed by atoms with Crippen molar-refractivity contribution in [2.75, 3.05) is 27.2 Å². The van der Waals surface area contributed by atoms with Gasteiger partial charge < -0.3 is 14.4 Å². The number of nitrogens with zero attached hydrogens (tertiary/aromatic N) is 1. The summed E-state index contributed by atoms with van der Waals surface area (Å²) in [5.41, 5.74) is 0. The normalized spacial score (nSPS) is 16.3. The number of ether oxygens (including phenoxy) is 2. The molecule has 0 aromatic carbocycles. The van der Waals surface area contributed by atoms with E-state index in [4.69, 9.17) is 9.47 Å². The number of allylic oxidation sites excluding steroid dienone is 1. The lowest BCUT2D eigenvalue weighted by atomic mass is 9.79. The Morgan fingerprint density at radius 3 is 1.79 bits per heavy atom. The molecule has 0 spiro atoms. The fraction of sp³-hybridized carbons (Fsp3) is 0.886. The Hall–Kier alpha value is -1.50. The van der Waals surface area contributed by atoms with Gasteiger partial charge in [-0.2, -0.15) is 0 Å². The number of alkyl carbamates (subject to hydrolysis) is 1. The van der Waals surface area contributed by atoms with Crippen LogP contribution in [0.2, 0.25) is 5.82 Å². The molecular weight excluding hydrogens is 523 g/mol. The van der Waals surface area contributed by atoms with Crippen molar-refractivity contribution >= 4 is 19.9 Å². The van der Waals surface area contributed by atoms with Gasteiger partial charge in [0.1, 0.15) is 14.5 Å². The number of rotatable bonds is 25. The van der Waals surface area contributed by atoms with Crippen molar-refractivity contribution in [3.8, 4) is 0 Å². The summed E-state index contributed by atoms with van der Waals surface area (Å²) in [6, 6.07) is 0. The van der Waals surface area contributed by atoms with Crippen molar-refractivity contribution in [1.82, 2.24) is 10.2 Å². The summed E-state index contributed by atoms with van der Waals surface area (Å²) in [5, 5.41) is 2.79. The van der Waals surface area contributed by atoms with Crippen LogP contribution >= 0.6 is 0 Å². The third-order valence-corrected chi connectivity index (χ3v) is 8.53. The second-order valence-corrected chi connectivity index (χ2v) is 14.2. The van der Waals surface area contributed by atoms with Crippen molar-refractivity contribution < 1.29 is 19.1 Å². The van der Waals surface area contributed by atoms with Gasteiger partial charge in [0.25, 0.3) is 0 Å². The minimum absolute atomic E-state index is 0.206. The predicted octanol–water partition coefficient (Wildman–Crippen LogP) is 8.41. The Labute approximate surface area is 261 Å². The van der Waals surface area contributed by atoms with E-state index in [1.54, 1.807) is 0 Å². The number of hydrogen-bond acceptors (Lipinski definition) is 5. The predicted molar refractivity (Wildman–Crippen MR) is 182 cm³/mol. The summed E-state index contributed by atoms with van der Waals surface area (Å²) in [7, 11) is 6.14. The topological polar surface area (TPSA) is 67.9 Å². The van der Waals surface area contributed by atoms with E-state index >= 15 is 0 Å². The Kier molecular flexibility index (Phi) is 24.0. The van der Waals surface area contributed by atoms with Gasteiger partial charge in [0.05, 0.1) is 0 Å². The molecule has 6 unspecified atom stereocenters. The lowest BCUT2D eigenvalue weighted by Crippen LogP contribution is -2.39. The molecule has 0 fully saturated rings. The van der Waals surface area contributed by atoms with Gasteiger partial charge in [-0.15, -0.1) is 0 Å². The molecule has 0 aliphatic heterocycles. The molecule has 0 aromatic rings.